The van der Waals surface area contributed by atoms with Gasteiger partial charge in [-0.3, -0.25) is 4.98 Å². The molecule has 0 saturated carbocycles. The molecular weight excluding hydrogens is 339 g/mol. The third kappa shape index (κ3) is 2.64. The van der Waals surface area contributed by atoms with Crippen LogP contribution in [0.1, 0.15) is 4.88 Å². The van der Waals surface area contributed by atoms with Crippen LogP contribution >= 0.6 is 27.3 Å². The molecule has 0 bridgehead atoms. The average molecular weight is 349 g/mol. The highest BCUT2D eigenvalue weighted by atomic mass is 79.9. The van der Waals surface area contributed by atoms with E-state index >= 15 is 0 Å². The van der Waals surface area contributed by atoms with Crippen LogP contribution in [0.3, 0.4) is 0 Å². The lowest BCUT2D eigenvalue weighted by atomic mass is 10.1. The van der Waals surface area contributed by atoms with E-state index in [0.717, 1.165) is 25.6 Å². The SMILES string of the molecule is Cc1sc(-c2ccc(F)cn2)nc1-c1ccc(Br)cc1. The molecule has 0 atom stereocenters. The molecule has 100 valence electrons. The third-order valence-corrected chi connectivity index (χ3v) is 4.38. The Bertz CT molecular complexity index is 736. The number of aryl methyl sites for hydroxylation is 1. The molecule has 1 aromatic carbocycles. The fraction of sp³-hybridized carbons (Fsp3) is 0.0667. The largest absolute Gasteiger partial charge is 0.251 e. The molecule has 0 amide bonds. The first-order valence-electron chi connectivity index (χ1n) is 5.99. The Morgan fingerprint density at radius 3 is 2.50 bits per heavy atom. The van der Waals surface area contributed by atoms with Crippen LogP contribution in [-0.4, -0.2) is 9.97 Å². The van der Waals surface area contributed by atoms with E-state index in [0.29, 0.717) is 5.69 Å². The van der Waals surface area contributed by atoms with E-state index < -0.39 is 0 Å². The number of halogens is 2. The van der Waals surface area contributed by atoms with Crippen LogP contribution in [0.5, 0.6) is 0 Å². The van der Waals surface area contributed by atoms with Gasteiger partial charge in [-0.1, -0.05) is 28.1 Å². The van der Waals surface area contributed by atoms with Gasteiger partial charge in [-0.25, -0.2) is 9.37 Å². The summed E-state index contributed by atoms with van der Waals surface area (Å²) in [5, 5.41) is 0.806. The Morgan fingerprint density at radius 1 is 1.10 bits per heavy atom. The molecule has 0 aliphatic rings. The molecule has 0 unspecified atom stereocenters. The topological polar surface area (TPSA) is 25.8 Å². The van der Waals surface area contributed by atoms with Crippen molar-refractivity contribution in [2.24, 2.45) is 0 Å². The molecule has 0 saturated heterocycles. The summed E-state index contributed by atoms with van der Waals surface area (Å²) in [6, 6.07) is 11.1. The second-order valence-electron chi connectivity index (χ2n) is 4.29. The molecule has 0 spiro atoms. The van der Waals surface area contributed by atoms with E-state index in [1.54, 1.807) is 17.4 Å². The summed E-state index contributed by atoms with van der Waals surface area (Å²) in [7, 11) is 0. The molecule has 2 aromatic heterocycles. The Morgan fingerprint density at radius 2 is 1.85 bits per heavy atom. The molecule has 20 heavy (non-hydrogen) atoms. The zero-order valence-corrected chi connectivity index (χ0v) is 13.0. The summed E-state index contributed by atoms with van der Waals surface area (Å²) in [6.45, 7) is 2.03. The van der Waals surface area contributed by atoms with Gasteiger partial charge in [0.25, 0.3) is 0 Å². The van der Waals surface area contributed by atoms with Gasteiger partial charge in [0.1, 0.15) is 10.8 Å². The van der Waals surface area contributed by atoms with E-state index in [9.17, 15) is 4.39 Å². The summed E-state index contributed by atoms with van der Waals surface area (Å²) < 4.78 is 13.9. The van der Waals surface area contributed by atoms with Crippen molar-refractivity contribution in [2.75, 3.05) is 0 Å². The maximum absolute atomic E-state index is 12.9. The highest BCUT2D eigenvalue weighted by molar-refractivity contribution is 9.10. The average Bonchev–Trinajstić information content (AvgIpc) is 2.82. The number of rotatable bonds is 2. The van der Waals surface area contributed by atoms with E-state index in [1.165, 1.54) is 12.3 Å². The zero-order chi connectivity index (χ0) is 14.1. The maximum atomic E-state index is 12.9. The first-order valence-corrected chi connectivity index (χ1v) is 7.60. The van der Waals surface area contributed by atoms with Crippen LogP contribution < -0.4 is 0 Å². The second kappa shape index (κ2) is 5.42. The molecule has 5 heteroatoms. The van der Waals surface area contributed by atoms with Gasteiger partial charge in [0.05, 0.1) is 17.6 Å². The van der Waals surface area contributed by atoms with Gasteiger partial charge in [0.15, 0.2) is 0 Å². The number of nitrogens with zero attached hydrogens (tertiary/aromatic N) is 2. The first-order chi connectivity index (χ1) is 9.63. The summed E-state index contributed by atoms with van der Waals surface area (Å²) in [5.74, 6) is -0.338. The quantitative estimate of drug-likeness (QED) is 0.645. The van der Waals surface area contributed by atoms with Gasteiger partial charge in [0, 0.05) is 14.9 Å². The monoisotopic (exact) mass is 348 g/mol. The summed E-state index contributed by atoms with van der Waals surface area (Å²) >= 11 is 4.99. The molecule has 2 nitrogen and oxygen atoms in total. The number of aromatic nitrogens is 2. The van der Waals surface area contributed by atoms with E-state index in [2.05, 4.69) is 25.9 Å². The van der Waals surface area contributed by atoms with Gasteiger partial charge in [-0.2, -0.15) is 0 Å². The van der Waals surface area contributed by atoms with Crippen LogP contribution in [0.4, 0.5) is 4.39 Å². The van der Waals surface area contributed by atoms with Crippen molar-refractivity contribution >= 4 is 27.3 Å². The van der Waals surface area contributed by atoms with Crippen LogP contribution in [0, 0.1) is 12.7 Å². The molecular formula is C15H10BrFN2S. The molecule has 0 N–H and O–H groups in total. The van der Waals surface area contributed by atoms with Gasteiger partial charge >= 0.3 is 0 Å². The Hall–Kier alpha value is -1.59. The Kier molecular flexibility index (Phi) is 3.63. The van der Waals surface area contributed by atoms with Crippen LogP contribution in [-0.2, 0) is 0 Å². The summed E-state index contributed by atoms with van der Waals surface area (Å²) in [4.78, 5) is 9.82. The fourth-order valence-electron chi connectivity index (χ4n) is 1.88. The lowest BCUT2D eigenvalue weighted by molar-refractivity contribution is 0.622. The van der Waals surface area contributed by atoms with Gasteiger partial charge in [0.2, 0.25) is 0 Å². The van der Waals surface area contributed by atoms with Crippen molar-refractivity contribution in [1.29, 1.82) is 0 Å². The predicted molar refractivity (Wildman–Crippen MR) is 83.2 cm³/mol. The van der Waals surface area contributed by atoms with Crippen LogP contribution in [0.25, 0.3) is 22.0 Å². The van der Waals surface area contributed by atoms with Crippen molar-refractivity contribution in [1.82, 2.24) is 9.97 Å². The molecule has 0 radical (unpaired) electrons. The van der Waals surface area contributed by atoms with Crippen LogP contribution in [0.15, 0.2) is 47.1 Å². The van der Waals surface area contributed by atoms with Gasteiger partial charge < -0.3 is 0 Å². The fourth-order valence-corrected chi connectivity index (χ4v) is 3.06. The van der Waals surface area contributed by atoms with Crippen molar-refractivity contribution < 1.29 is 4.39 Å². The molecule has 3 aromatic rings. The highest BCUT2D eigenvalue weighted by Crippen LogP contribution is 2.32. The van der Waals surface area contributed by atoms with Crippen molar-refractivity contribution in [3.8, 4) is 22.0 Å². The lowest BCUT2D eigenvalue weighted by Gasteiger charge is -1.98. The van der Waals surface area contributed by atoms with Crippen molar-refractivity contribution in [3.63, 3.8) is 0 Å². The lowest BCUT2D eigenvalue weighted by Crippen LogP contribution is -1.84. The number of hydrogen-bond donors (Lipinski definition) is 0. The molecule has 0 aliphatic heterocycles. The second-order valence-corrected chi connectivity index (χ2v) is 6.41. The zero-order valence-electron chi connectivity index (χ0n) is 10.6. The minimum absolute atomic E-state index is 0.338. The molecule has 0 fully saturated rings. The molecule has 3 rings (SSSR count). The smallest absolute Gasteiger partial charge is 0.142 e. The first kappa shape index (κ1) is 13.4. The maximum Gasteiger partial charge on any atom is 0.142 e. The summed E-state index contributed by atoms with van der Waals surface area (Å²) in [5.41, 5.74) is 2.71. The van der Waals surface area contributed by atoms with Gasteiger partial charge in [-0.05, 0) is 31.2 Å². The van der Waals surface area contributed by atoms with E-state index in [-0.39, 0.29) is 5.82 Å². The predicted octanol–water partition coefficient (Wildman–Crippen LogP) is 5.08. The van der Waals surface area contributed by atoms with Gasteiger partial charge in [-0.15, -0.1) is 11.3 Å². The van der Waals surface area contributed by atoms with E-state index in [4.69, 9.17) is 0 Å². The minimum atomic E-state index is -0.338. The number of hydrogen-bond acceptors (Lipinski definition) is 3. The number of benzene rings is 1. The summed E-state index contributed by atoms with van der Waals surface area (Å²) in [6.07, 6.45) is 1.21. The van der Waals surface area contributed by atoms with Crippen molar-refractivity contribution in [2.45, 2.75) is 6.92 Å². The molecule has 2 heterocycles. The third-order valence-electron chi connectivity index (χ3n) is 2.86. The normalized spacial score (nSPS) is 10.8. The number of pyridine rings is 1. The van der Waals surface area contributed by atoms with Crippen molar-refractivity contribution in [3.05, 3.63) is 57.8 Å². The Labute approximate surface area is 128 Å². The Balaban J connectivity index is 2.02. The number of thiazole rings is 1. The van der Waals surface area contributed by atoms with E-state index in [1.807, 2.05) is 31.2 Å². The molecule has 0 aliphatic carbocycles. The van der Waals surface area contributed by atoms with Crippen LogP contribution in [0.2, 0.25) is 0 Å². The standard InChI is InChI=1S/C15H10BrFN2S/c1-9-14(10-2-4-11(16)5-3-10)19-15(20-9)13-7-6-12(17)8-18-13/h2-8H,1H3. The highest BCUT2D eigenvalue weighted by Gasteiger charge is 2.12. The minimum Gasteiger partial charge on any atom is -0.251 e.